The second-order valence-corrected chi connectivity index (χ2v) is 10.2. The zero-order valence-corrected chi connectivity index (χ0v) is 21.7. The predicted octanol–water partition coefficient (Wildman–Crippen LogP) is 5.49. The molecule has 2 fully saturated rings. The lowest BCUT2D eigenvalue weighted by Gasteiger charge is -2.36. The summed E-state index contributed by atoms with van der Waals surface area (Å²) in [5, 5.41) is 4.36. The Morgan fingerprint density at radius 2 is 1.39 bits per heavy atom. The highest BCUT2D eigenvalue weighted by molar-refractivity contribution is 6.42. The molecule has 10 heteroatoms. The number of hydrogen-bond donors (Lipinski definition) is 1. The Labute approximate surface area is 227 Å². The first-order valence-corrected chi connectivity index (χ1v) is 12.4. The monoisotopic (exact) mass is 562 g/mol. The van der Waals surface area contributed by atoms with Crippen LogP contribution in [-0.4, -0.2) is 30.9 Å². The number of carbonyl (C=O) groups is 3. The van der Waals surface area contributed by atoms with Crippen molar-refractivity contribution in [3.63, 3.8) is 0 Å². The van der Waals surface area contributed by atoms with Gasteiger partial charge in [0.25, 0.3) is 0 Å². The van der Waals surface area contributed by atoms with Gasteiger partial charge in [0.05, 0.1) is 40.2 Å². The molecule has 6 nitrogen and oxygen atoms in total. The molecule has 0 saturated carbocycles. The summed E-state index contributed by atoms with van der Waals surface area (Å²) < 4.78 is 5.04. The molecule has 36 heavy (non-hydrogen) atoms. The summed E-state index contributed by atoms with van der Waals surface area (Å²) in [5.74, 6) is -4.06. The van der Waals surface area contributed by atoms with E-state index in [0.29, 0.717) is 21.2 Å². The predicted molar refractivity (Wildman–Crippen MR) is 139 cm³/mol. The van der Waals surface area contributed by atoms with Gasteiger partial charge in [-0.3, -0.25) is 19.7 Å². The normalized spacial score (nSPS) is 22.6. The summed E-state index contributed by atoms with van der Waals surface area (Å²) in [6, 6.07) is 17.3. The fraction of sp³-hybridized carbons (Fsp3) is 0.192. The number of amides is 2. The molecule has 0 spiro atoms. The average Bonchev–Trinajstić information content (AvgIpc) is 3.34. The van der Waals surface area contributed by atoms with Crippen molar-refractivity contribution in [2.24, 2.45) is 11.8 Å². The van der Waals surface area contributed by atoms with E-state index in [1.54, 1.807) is 54.6 Å². The molecule has 0 aliphatic carbocycles. The smallest absolute Gasteiger partial charge is 0.323 e. The maximum absolute atomic E-state index is 14.2. The number of halogens is 4. The van der Waals surface area contributed by atoms with E-state index in [0.717, 1.165) is 4.90 Å². The van der Waals surface area contributed by atoms with Crippen molar-refractivity contribution >= 4 is 69.9 Å². The van der Waals surface area contributed by atoms with Crippen LogP contribution < -0.4 is 10.2 Å². The molecule has 2 saturated heterocycles. The Morgan fingerprint density at radius 3 is 1.89 bits per heavy atom. The van der Waals surface area contributed by atoms with Crippen LogP contribution in [0.25, 0.3) is 0 Å². The van der Waals surface area contributed by atoms with Crippen molar-refractivity contribution in [2.75, 3.05) is 12.0 Å². The van der Waals surface area contributed by atoms with Crippen LogP contribution in [0, 0.1) is 11.8 Å². The van der Waals surface area contributed by atoms with Gasteiger partial charge in [0.2, 0.25) is 11.8 Å². The van der Waals surface area contributed by atoms with Crippen LogP contribution in [0.1, 0.15) is 11.1 Å². The van der Waals surface area contributed by atoms with Crippen LogP contribution in [0.4, 0.5) is 5.69 Å². The number of nitrogens with one attached hydrogen (secondary N) is 1. The third kappa shape index (κ3) is 3.71. The zero-order chi connectivity index (χ0) is 25.8. The van der Waals surface area contributed by atoms with Crippen molar-refractivity contribution in [2.45, 2.75) is 11.6 Å². The quantitative estimate of drug-likeness (QED) is 0.335. The lowest BCUT2D eigenvalue weighted by molar-refractivity contribution is -0.145. The molecule has 3 atom stereocenters. The first kappa shape index (κ1) is 25.1. The Morgan fingerprint density at radius 1 is 0.861 bits per heavy atom. The highest BCUT2D eigenvalue weighted by Crippen LogP contribution is 2.54. The topological polar surface area (TPSA) is 75.7 Å². The number of imide groups is 1. The fourth-order valence-corrected chi connectivity index (χ4v) is 6.27. The lowest BCUT2D eigenvalue weighted by Crippen LogP contribution is -2.52. The summed E-state index contributed by atoms with van der Waals surface area (Å²) in [6.45, 7) is 0. The minimum atomic E-state index is -1.35. The summed E-state index contributed by atoms with van der Waals surface area (Å²) in [6.07, 6.45) is 0. The molecular formula is C26H18Cl4N2O4. The SMILES string of the molecule is COC(=O)[C@@H]1NC(c2cccc(Cl)c2)(c2cccc(Cl)c2)[C@H]2C(=O)N(c3c(Cl)cccc3Cl)C(=O)[C@@H]12. The van der Waals surface area contributed by atoms with Gasteiger partial charge < -0.3 is 4.74 Å². The maximum atomic E-state index is 14.2. The van der Waals surface area contributed by atoms with Gasteiger partial charge in [-0.2, -0.15) is 0 Å². The van der Waals surface area contributed by atoms with Gasteiger partial charge in [-0.05, 0) is 47.5 Å². The number of para-hydroxylation sites is 1. The van der Waals surface area contributed by atoms with E-state index in [2.05, 4.69) is 5.32 Å². The van der Waals surface area contributed by atoms with Crippen molar-refractivity contribution in [3.8, 4) is 0 Å². The van der Waals surface area contributed by atoms with E-state index in [1.165, 1.54) is 19.2 Å². The first-order chi connectivity index (χ1) is 17.2. The Balaban J connectivity index is 1.81. The molecule has 0 radical (unpaired) electrons. The molecule has 3 aromatic carbocycles. The van der Waals surface area contributed by atoms with Gasteiger partial charge in [0, 0.05) is 10.0 Å². The molecule has 0 bridgehead atoms. The number of nitrogens with zero attached hydrogens (tertiary/aromatic N) is 1. The molecule has 2 aliphatic heterocycles. The third-order valence-electron chi connectivity index (χ3n) is 6.74. The van der Waals surface area contributed by atoms with Gasteiger partial charge >= 0.3 is 5.97 Å². The van der Waals surface area contributed by atoms with Crippen molar-refractivity contribution in [3.05, 3.63) is 97.9 Å². The van der Waals surface area contributed by atoms with Crippen LogP contribution in [0.5, 0.6) is 0 Å². The molecule has 0 unspecified atom stereocenters. The molecular weight excluding hydrogens is 546 g/mol. The zero-order valence-electron chi connectivity index (χ0n) is 18.7. The number of hydrogen-bond acceptors (Lipinski definition) is 5. The number of fused-ring (bicyclic) bond motifs is 1. The summed E-state index contributed by atoms with van der Waals surface area (Å²) in [7, 11) is 1.22. The summed E-state index contributed by atoms with van der Waals surface area (Å²) >= 11 is 25.5. The number of carbonyl (C=O) groups excluding carboxylic acids is 3. The number of esters is 1. The third-order valence-corrected chi connectivity index (χ3v) is 7.82. The average molecular weight is 564 g/mol. The standard InChI is InChI=1S/C26H18Cl4N2O4/c1-36-25(35)21-19-20(24(34)32(23(19)33)22-17(29)9-4-10-18(22)30)26(31-21,13-5-2-7-15(27)11-13)14-6-3-8-16(28)12-14/h2-12,19-21,31H,1H3/t19-,20-,21-/m1/s1. The molecule has 2 amide bonds. The Hall–Kier alpha value is -2.61. The number of rotatable bonds is 4. The minimum Gasteiger partial charge on any atom is -0.468 e. The van der Waals surface area contributed by atoms with Crippen LogP contribution in [0.15, 0.2) is 66.7 Å². The summed E-state index contributed by atoms with van der Waals surface area (Å²) in [4.78, 5) is 42.1. The number of benzene rings is 3. The van der Waals surface area contributed by atoms with Crippen molar-refractivity contribution in [1.29, 1.82) is 0 Å². The molecule has 184 valence electrons. The molecule has 1 N–H and O–H groups in total. The van der Waals surface area contributed by atoms with Crippen LogP contribution in [0.2, 0.25) is 20.1 Å². The van der Waals surface area contributed by atoms with E-state index < -0.39 is 41.2 Å². The van der Waals surface area contributed by atoms with E-state index in [4.69, 9.17) is 51.1 Å². The van der Waals surface area contributed by atoms with Gasteiger partial charge in [0.15, 0.2) is 0 Å². The molecule has 3 aromatic rings. The largest absolute Gasteiger partial charge is 0.468 e. The molecule has 5 rings (SSSR count). The van der Waals surface area contributed by atoms with E-state index in [1.807, 2.05) is 0 Å². The van der Waals surface area contributed by atoms with Gasteiger partial charge in [-0.1, -0.05) is 76.7 Å². The van der Waals surface area contributed by atoms with E-state index in [9.17, 15) is 14.4 Å². The molecule has 2 heterocycles. The van der Waals surface area contributed by atoms with Crippen LogP contribution in [-0.2, 0) is 24.7 Å². The van der Waals surface area contributed by atoms with Crippen LogP contribution in [0.3, 0.4) is 0 Å². The number of ether oxygens (including phenoxy) is 1. The van der Waals surface area contributed by atoms with Crippen molar-refractivity contribution < 1.29 is 19.1 Å². The molecule has 2 aliphatic rings. The second-order valence-electron chi connectivity index (χ2n) is 8.56. The second kappa shape index (κ2) is 9.36. The highest BCUT2D eigenvalue weighted by Gasteiger charge is 2.68. The summed E-state index contributed by atoms with van der Waals surface area (Å²) in [5.41, 5.74) is -0.132. The molecule has 0 aromatic heterocycles. The van der Waals surface area contributed by atoms with Crippen molar-refractivity contribution in [1.82, 2.24) is 5.32 Å². The minimum absolute atomic E-state index is 0.0694. The number of anilines is 1. The van der Waals surface area contributed by atoms with Gasteiger partial charge in [-0.25, -0.2) is 4.90 Å². The van der Waals surface area contributed by atoms with Crippen LogP contribution >= 0.6 is 46.4 Å². The van der Waals surface area contributed by atoms with E-state index in [-0.39, 0.29) is 15.7 Å². The lowest BCUT2D eigenvalue weighted by atomic mass is 9.71. The van der Waals surface area contributed by atoms with Gasteiger partial charge in [-0.15, -0.1) is 0 Å². The Bertz CT molecular complexity index is 1350. The van der Waals surface area contributed by atoms with E-state index >= 15 is 0 Å². The highest BCUT2D eigenvalue weighted by atomic mass is 35.5. The Kier molecular flexibility index (Phi) is 6.52. The number of methoxy groups -OCH3 is 1. The van der Waals surface area contributed by atoms with Gasteiger partial charge in [0.1, 0.15) is 6.04 Å². The maximum Gasteiger partial charge on any atom is 0.323 e. The first-order valence-electron chi connectivity index (χ1n) is 10.9. The fourth-order valence-electron chi connectivity index (χ4n) is 5.32.